The first-order chi connectivity index (χ1) is 8.43. The summed E-state index contributed by atoms with van der Waals surface area (Å²) in [7, 11) is -6.73. The van der Waals surface area contributed by atoms with Gasteiger partial charge in [0, 0.05) is 0 Å². The molecule has 0 saturated heterocycles. The molecule has 0 aromatic carbocycles. The van der Waals surface area contributed by atoms with Crippen LogP contribution in [0.25, 0.3) is 0 Å². The van der Waals surface area contributed by atoms with E-state index in [0.717, 1.165) is 0 Å². The Hall–Kier alpha value is 1.02. The summed E-state index contributed by atoms with van der Waals surface area (Å²) in [5.41, 5.74) is 0. The van der Waals surface area contributed by atoms with Crippen LogP contribution in [0.1, 0.15) is 0 Å². The lowest BCUT2D eigenvalue weighted by Gasteiger charge is -2.46. The van der Waals surface area contributed by atoms with Crippen LogP contribution in [0.5, 0.6) is 0 Å². The molecule has 1 atom stereocenters. The molecule has 8 heteroatoms. The summed E-state index contributed by atoms with van der Waals surface area (Å²) in [6.07, 6.45) is 0. The zero-order valence-corrected chi connectivity index (χ0v) is 20.8. The van der Waals surface area contributed by atoms with Crippen molar-refractivity contribution in [2.45, 2.75) is 78.6 Å². The topological polar surface area (TPSA) is 29.7 Å². The quantitative estimate of drug-likeness (QED) is 0.453. The number of nitrogens with zero attached hydrogens (tertiary/aromatic N) is 3. The molecule has 0 rings (SSSR count). The summed E-state index contributed by atoms with van der Waals surface area (Å²) < 4.78 is 13.5. The molecule has 1 unspecified atom stereocenters. The Balaban J connectivity index is 5.88. The Morgan fingerprint density at radius 1 is 0.600 bits per heavy atom. The Kier molecular flexibility index (Phi) is 6.98. The van der Waals surface area contributed by atoms with Gasteiger partial charge >= 0.3 is 0 Å². The van der Waals surface area contributed by atoms with Gasteiger partial charge in [-0.2, -0.15) is 0 Å². The first kappa shape index (κ1) is 21.0. The number of rotatable bonds is 6. The van der Waals surface area contributed by atoms with E-state index in [1.165, 1.54) is 0 Å². The van der Waals surface area contributed by atoms with Crippen LogP contribution in [0.2, 0.25) is 78.6 Å². The third-order valence-corrected chi connectivity index (χ3v) is 21.7. The van der Waals surface area contributed by atoms with Crippen molar-refractivity contribution in [2.24, 2.45) is 4.41 Å². The molecule has 0 aliphatic rings. The van der Waals surface area contributed by atoms with E-state index in [0.29, 0.717) is 0 Å². The molecule has 0 bridgehead atoms. The second-order valence-electron chi connectivity index (χ2n) is 9.54. The molecule has 0 aromatic rings. The van der Waals surface area contributed by atoms with Crippen molar-refractivity contribution in [3.05, 3.63) is 0 Å². The molecule has 0 aliphatic carbocycles. The summed E-state index contributed by atoms with van der Waals surface area (Å²) in [5, 5.41) is 0. The largest absolute Gasteiger partial charge is 0.315 e. The maximum absolute atomic E-state index is 5.33. The standard InChI is InChI=1S/C12H37N3PSi4/c1-17(2,3)13-16(14-18(4,5)6)15(19(7,8)9)20(10,11)12/h16H,1-12H3. The van der Waals surface area contributed by atoms with Gasteiger partial charge in [-0.3, -0.25) is 0 Å². The fourth-order valence-corrected chi connectivity index (χ4v) is 23.2. The van der Waals surface area contributed by atoms with Crippen molar-refractivity contribution in [1.29, 1.82) is 0 Å². The van der Waals surface area contributed by atoms with Crippen molar-refractivity contribution < 1.29 is 0 Å². The molecular formula is C12H37N3PSi4. The molecule has 0 aliphatic heterocycles. The van der Waals surface area contributed by atoms with Crippen LogP contribution in [0.3, 0.4) is 0 Å². The summed E-state index contributed by atoms with van der Waals surface area (Å²) in [5.74, 6) is 0. The first-order valence-corrected chi connectivity index (χ1v) is 22.7. The average molecular weight is 367 g/mol. The van der Waals surface area contributed by atoms with E-state index in [1.807, 2.05) is 0 Å². The second kappa shape index (κ2) is 6.64. The summed E-state index contributed by atoms with van der Waals surface area (Å²) >= 11 is 0. The molecule has 20 heavy (non-hydrogen) atoms. The van der Waals surface area contributed by atoms with Crippen LogP contribution in [0.4, 0.5) is 0 Å². The van der Waals surface area contributed by atoms with E-state index in [1.54, 1.807) is 0 Å². The van der Waals surface area contributed by atoms with Gasteiger partial charge in [0.15, 0.2) is 8.24 Å². The van der Waals surface area contributed by atoms with Crippen molar-refractivity contribution in [3.63, 3.8) is 0 Å². The van der Waals surface area contributed by atoms with Gasteiger partial charge in [-0.25, -0.2) is 4.75 Å². The lowest BCUT2D eigenvalue weighted by Crippen LogP contribution is -2.56. The summed E-state index contributed by atoms with van der Waals surface area (Å²) in [6.45, 7) is 28.9. The molecule has 3 nitrogen and oxygen atoms in total. The van der Waals surface area contributed by atoms with Gasteiger partial charge in [0.05, 0.1) is 8.01 Å². The van der Waals surface area contributed by atoms with Crippen molar-refractivity contribution in [3.8, 4) is 0 Å². The van der Waals surface area contributed by atoms with E-state index >= 15 is 0 Å². The van der Waals surface area contributed by atoms with Crippen molar-refractivity contribution in [2.75, 3.05) is 0 Å². The highest BCUT2D eigenvalue weighted by molar-refractivity contribution is 7.52. The smallest absolute Gasteiger partial charge is 0.173 e. The van der Waals surface area contributed by atoms with Crippen LogP contribution in [-0.4, -0.2) is 36.9 Å². The van der Waals surface area contributed by atoms with Gasteiger partial charge in [-0.05, 0) is 19.6 Å². The summed E-state index contributed by atoms with van der Waals surface area (Å²) in [6, 6.07) is 0. The van der Waals surface area contributed by atoms with Gasteiger partial charge in [-0.15, -0.1) is 0 Å². The van der Waals surface area contributed by atoms with Crippen molar-refractivity contribution in [1.82, 2.24) is 8.75 Å². The van der Waals surface area contributed by atoms with Gasteiger partial charge in [0.1, 0.15) is 24.7 Å². The van der Waals surface area contributed by atoms with E-state index < -0.39 is 41.0 Å². The second-order valence-corrected chi connectivity index (χ2v) is 32.0. The minimum Gasteiger partial charge on any atom is -0.315 e. The zero-order chi connectivity index (χ0) is 16.6. The molecule has 0 amide bonds. The predicted octanol–water partition coefficient (Wildman–Crippen LogP) is 5.46. The Morgan fingerprint density at radius 2 is 0.950 bits per heavy atom. The molecular weight excluding hydrogens is 329 g/mol. The van der Waals surface area contributed by atoms with E-state index in [2.05, 4.69) is 82.6 Å². The highest BCUT2D eigenvalue weighted by atomic mass is 31.1. The number of hydrogen-bond acceptors (Lipinski definition) is 1. The molecule has 0 aromatic heterocycles. The minimum absolute atomic E-state index is 1.08. The predicted molar refractivity (Wildman–Crippen MR) is 108 cm³/mol. The summed E-state index contributed by atoms with van der Waals surface area (Å²) in [4.78, 5) is 0. The molecule has 0 N–H and O–H groups in total. The van der Waals surface area contributed by atoms with Crippen LogP contribution in [-0.2, 0) is 0 Å². The van der Waals surface area contributed by atoms with E-state index in [9.17, 15) is 0 Å². The Morgan fingerprint density at radius 3 is 1.15 bits per heavy atom. The highest BCUT2D eigenvalue weighted by Crippen LogP contribution is 2.42. The maximum Gasteiger partial charge on any atom is 0.173 e. The third-order valence-electron chi connectivity index (χ3n) is 2.41. The molecule has 1 radical (unpaired) electrons. The third kappa shape index (κ3) is 8.46. The SMILES string of the molecule is C[Si](C)(C)[N]/[PH](=N\[Si](C)(C)C)N([Si](C)(C)C)[Si](C)(C)C. The lowest BCUT2D eigenvalue weighted by atomic mass is 11.8. The average Bonchev–Trinajstić information content (AvgIpc) is 1.87. The Labute approximate surface area is 132 Å². The zero-order valence-electron chi connectivity index (χ0n) is 15.8. The van der Waals surface area contributed by atoms with Gasteiger partial charge in [-0.1, -0.05) is 58.9 Å². The van der Waals surface area contributed by atoms with E-state index in [4.69, 9.17) is 9.16 Å². The van der Waals surface area contributed by atoms with Gasteiger partial charge < -0.3 is 8.41 Å². The minimum atomic E-state index is -1.44. The van der Waals surface area contributed by atoms with Gasteiger partial charge in [0.2, 0.25) is 0 Å². The van der Waals surface area contributed by atoms with Crippen LogP contribution >= 0.6 is 8.01 Å². The molecule has 0 heterocycles. The highest BCUT2D eigenvalue weighted by Gasteiger charge is 2.39. The fourth-order valence-electron chi connectivity index (χ4n) is 2.33. The molecule has 0 fully saturated rings. The normalized spacial score (nSPS) is 16.9. The molecule has 0 spiro atoms. The Bertz CT molecular complexity index is 345. The van der Waals surface area contributed by atoms with Crippen LogP contribution < -0.4 is 4.75 Å². The monoisotopic (exact) mass is 366 g/mol. The van der Waals surface area contributed by atoms with E-state index in [-0.39, 0.29) is 0 Å². The fraction of sp³-hybridized carbons (Fsp3) is 1.00. The van der Waals surface area contributed by atoms with Crippen LogP contribution in [0.15, 0.2) is 4.41 Å². The lowest BCUT2D eigenvalue weighted by molar-refractivity contribution is 0.960. The number of hydrogen-bond donors (Lipinski definition) is 0. The first-order valence-electron chi connectivity index (χ1n) is 7.57. The molecule has 121 valence electrons. The van der Waals surface area contributed by atoms with Crippen LogP contribution in [0, 0.1) is 0 Å². The van der Waals surface area contributed by atoms with Gasteiger partial charge in [0.25, 0.3) is 0 Å². The van der Waals surface area contributed by atoms with Crippen molar-refractivity contribution >= 4 is 41.0 Å². The maximum atomic E-state index is 5.33. The molecule has 0 saturated carbocycles.